The van der Waals surface area contributed by atoms with E-state index >= 15 is 0 Å². The van der Waals surface area contributed by atoms with Crippen LogP contribution in [0.3, 0.4) is 0 Å². The summed E-state index contributed by atoms with van der Waals surface area (Å²) in [6, 6.07) is 0.495. The maximum atomic E-state index is 12.9. The van der Waals surface area contributed by atoms with Gasteiger partial charge in [0, 0.05) is 28.8 Å². The molecule has 4 rings (SSSR count). The normalized spacial score (nSPS) is 23.2. The molecule has 0 aromatic carbocycles. The van der Waals surface area contributed by atoms with Crippen LogP contribution in [0.2, 0.25) is 0 Å². The van der Waals surface area contributed by atoms with E-state index in [1.54, 1.807) is 12.3 Å². The van der Waals surface area contributed by atoms with Crippen LogP contribution in [-0.4, -0.2) is 74.4 Å². The number of aromatic nitrogens is 3. The highest BCUT2D eigenvalue weighted by molar-refractivity contribution is 8.00. The second kappa shape index (κ2) is 10.5. The number of nitrogens with zero attached hydrogens (tertiary/aromatic N) is 5. The maximum absolute atomic E-state index is 12.9. The van der Waals surface area contributed by atoms with E-state index in [1.165, 1.54) is 22.7 Å². The number of carboxylic acid groups (broad SMARTS) is 1. The molecule has 2 fully saturated rings. The van der Waals surface area contributed by atoms with Crippen molar-refractivity contribution in [1.29, 1.82) is 0 Å². The predicted molar refractivity (Wildman–Crippen MR) is 136 cm³/mol. The fourth-order valence-electron chi connectivity index (χ4n) is 3.67. The molecule has 15 nitrogen and oxygen atoms in total. The summed E-state index contributed by atoms with van der Waals surface area (Å²) in [6.45, 7) is 1.80. The van der Waals surface area contributed by atoms with Crippen molar-refractivity contribution in [2.75, 3.05) is 47.7 Å². The lowest BCUT2D eigenvalue weighted by Crippen LogP contribution is -2.75. The summed E-state index contributed by atoms with van der Waals surface area (Å²) in [5.41, 5.74) is 15.9. The van der Waals surface area contributed by atoms with Crippen molar-refractivity contribution in [2.24, 2.45) is 10.6 Å². The Morgan fingerprint density at radius 2 is 2.16 bits per heavy atom. The van der Waals surface area contributed by atoms with E-state index in [0.717, 1.165) is 27.8 Å². The minimum absolute atomic E-state index is 0.000632. The molecule has 2 amide bonds. The number of oxime groups is 1. The summed E-state index contributed by atoms with van der Waals surface area (Å²) in [5, 5.41) is 20.2. The Hall–Kier alpha value is -3.51. The van der Waals surface area contributed by atoms with Crippen molar-refractivity contribution in [3.63, 3.8) is 0 Å². The van der Waals surface area contributed by atoms with Crippen LogP contribution in [0, 0.1) is 5.41 Å². The van der Waals surface area contributed by atoms with Crippen molar-refractivity contribution in [1.82, 2.24) is 20.2 Å². The van der Waals surface area contributed by atoms with E-state index in [0.29, 0.717) is 0 Å². The Labute approximate surface area is 222 Å². The number of hydrogen-bond donors (Lipinski definition) is 5. The van der Waals surface area contributed by atoms with Gasteiger partial charge in [-0.25, -0.2) is 4.98 Å². The van der Waals surface area contributed by atoms with Crippen LogP contribution in [0.4, 0.5) is 16.8 Å². The monoisotopic (exact) mass is 568 g/mol. The molecule has 198 valence electrons. The first-order chi connectivity index (χ1) is 17.6. The number of carbonyl (C=O) groups excluding carboxylic acids is 3. The molecule has 2 aliphatic rings. The number of anilines is 3. The van der Waals surface area contributed by atoms with E-state index in [9.17, 15) is 19.5 Å². The van der Waals surface area contributed by atoms with Gasteiger partial charge in [0.2, 0.25) is 17.5 Å². The number of fused-ring (bicyclic) bond motifs is 1. The Balaban J connectivity index is 1.45. The summed E-state index contributed by atoms with van der Waals surface area (Å²) in [4.78, 5) is 52.7. The topological polar surface area (TPSA) is 245 Å². The smallest absolute Gasteiger partial charge is 0.322 e. The molecule has 0 spiro atoms. The van der Waals surface area contributed by atoms with Crippen molar-refractivity contribution < 1.29 is 29.0 Å². The van der Waals surface area contributed by atoms with Gasteiger partial charge in [-0.3, -0.25) is 15.4 Å². The number of nitrogen functional groups attached to an aromatic ring is 4. The molecule has 0 bridgehead atoms. The Kier molecular flexibility index (Phi) is 7.51. The first kappa shape index (κ1) is 26.6. The van der Waals surface area contributed by atoms with E-state index in [4.69, 9.17) is 27.9 Å². The molecule has 2 aromatic heterocycles. The molecule has 9 N–H and O–H groups in total. The molecule has 2 aliphatic heterocycles. The Morgan fingerprint density at radius 1 is 1.41 bits per heavy atom. The van der Waals surface area contributed by atoms with Gasteiger partial charge >= 0.3 is 5.16 Å². The largest absolute Gasteiger partial charge is 0.549 e. The Morgan fingerprint density at radius 3 is 2.81 bits per heavy atom. The quantitative estimate of drug-likeness (QED) is 0.0384. The summed E-state index contributed by atoms with van der Waals surface area (Å²) in [7, 11) is 0. The first-order valence-electron chi connectivity index (χ1n) is 10.8. The molecule has 4 heterocycles. The average molecular weight is 569 g/mol. The molecule has 18 heteroatoms. The van der Waals surface area contributed by atoms with Crippen LogP contribution in [0.5, 0.6) is 0 Å². The third kappa shape index (κ3) is 5.16. The predicted octanol–water partition coefficient (Wildman–Crippen LogP) is -3.04. The number of amides is 2. The highest BCUT2D eigenvalue weighted by atomic mass is 32.2. The van der Waals surface area contributed by atoms with Crippen LogP contribution in [0.25, 0.3) is 0 Å². The maximum Gasteiger partial charge on any atom is 0.322 e. The number of carboxylic acids is 1. The second-order valence-corrected chi connectivity index (χ2v) is 11.1. The average Bonchev–Trinajstić information content (AvgIpc) is 3.29. The molecule has 2 saturated heterocycles. The number of carbonyl (C=O) groups is 3. The molecule has 0 aliphatic carbocycles. The SMILES string of the molecule is CCON=C(C(=O)NC1C(=O)N2CC(CSc3nc(N)cc(N)[n+]3N)(C(=O)[O-])CS[C@H]12)c1csc(N)n1. The minimum Gasteiger partial charge on any atom is -0.549 e. The zero-order chi connectivity index (χ0) is 26.9. The van der Waals surface area contributed by atoms with Gasteiger partial charge in [-0.05, 0) is 18.7 Å². The number of nitrogens with two attached hydrogens (primary N) is 4. The van der Waals surface area contributed by atoms with Crippen LogP contribution in [-0.2, 0) is 19.2 Å². The fraction of sp³-hybridized carbons (Fsp3) is 0.421. The molecule has 37 heavy (non-hydrogen) atoms. The number of nitrogens with one attached hydrogen (secondary N) is 1. The molecule has 3 atom stereocenters. The molecule has 2 unspecified atom stereocenters. The van der Waals surface area contributed by atoms with Gasteiger partial charge in [-0.2, -0.15) is 0 Å². The molecular formula is C19H24N10O5S3. The number of thiazole rings is 1. The third-order valence-corrected chi connectivity index (χ3v) is 9.12. The lowest BCUT2D eigenvalue weighted by molar-refractivity contribution is -0.667. The molecular weight excluding hydrogens is 544 g/mol. The van der Waals surface area contributed by atoms with E-state index in [2.05, 4.69) is 20.4 Å². The second-order valence-electron chi connectivity index (χ2n) is 8.16. The van der Waals surface area contributed by atoms with Gasteiger partial charge in [-0.15, -0.1) is 27.8 Å². The van der Waals surface area contributed by atoms with E-state index in [-0.39, 0.29) is 58.0 Å². The van der Waals surface area contributed by atoms with Crippen molar-refractivity contribution in [2.45, 2.75) is 23.5 Å². The zero-order valence-corrected chi connectivity index (χ0v) is 21.9. The molecule has 2 aromatic rings. The molecule has 0 radical (unpaired) electrons. The standard InChI is InChI=1S/C19H24N10O5S3/c1-2-34-27-11(8-4-35-17(22)24-8)13(30)26-12-14(31)28-5-19(16(32)33,6-36-15(12)28)7-37-18-25-9(20)3-10(21)29(18)23/h3-4,12,15H,2,5-7,23H2,1H3,(H7,20,21,22,24,26,30,32,33)/t12?,15-,19?/m1/s1. The third-order valence-electron chi connectivity index (χ3n) is 5.61. The van der Waals surface area contributed by atoms with Crippen molar-refractivity contribution in [3.05, 3.63) is 17.1 Å². The summed E-state index contributed by atoms with van der Waals surface area (Å²) < 4.78 is 1.10. The van der Waals surface area contributed by atoms with Crippen molar-refractivity contribution in [3.8, 4) is 0 Å². The van der Waals surface area contributed by atoms with Gasteiger partial charge in [0.1, 0.15) is 23.7 Å². The van der Waals surface area contributed by atoms with Crippen LogP contribution >= 0.6 is 34.9 Å². The lowest BCUT2D eigenvalue weighted by Gasteiger charge is -2.55. The number of aliphatic carboxylic acids is 1. The number of hydrogen-bond acceptors (Lipinski definition) is 15. The highest BCUT2D eigenvalue weighted by Gasteiger charge is 2.56. The summed E-state index contributed by atoms with van der Waals surface area (Å²) in [5.74, 6) is 3.86. The zero-order valence-electron chi connectivity index (χ0n) is 19.4. The van der Waals surface area contributed by atoms with Gasteiger partial charge in [-0.1, -0.05) is 10.1 Å². The highest BCUT2D eigenvalue weighted by Crippen LogP contribution is 2.43. The van der Waals surface area contributed by atoms with Gasteiger partial charge in [0.15, 0.2) is 10.8 Å². The van der Waals surface area contributed by atoms with E-state index < -0.39 is 34.6 Å². The number of rotatable bonds is 9. The van der Waals surface area contributed by atoms with Crippen molar-refractivity contribution >= 4 is 75.1 Å². The van der Waals surface area contributed by atoms with Crippen LogP contribution in [0.15, 0.2) is 21.8 Å². The lowest BCUT2D eigenvalue weighted by atomic mass is 9.89. The van der Waals surface area contributed by atoms with E-state index in [1.807, 2.05) is 0 Å². The van der Waals surface area contributed by atoms with Crippen LogP contribution < -0.4 is 38.1 Å². The van der Waals surface area contributed by atoms with Gasteiger partial charge in [0.25, 0.3) is 5.91 Å². The van der Waals surface area contributed by atoms with Crippen LogP contribution in [0.1, 0.15) is 12.6 Å². The fourth-order valence-corrected chi connectivity index (χ4v) is 7.01. The first-order valence-corrected chi connectivity index (χ1v) is 13.7. The molecule has 0 saturated carbocycles. The Bertz CT molecular complexity index is 1270. The number of β-lactam (4-membered cyclic amide) rings is 1. The minimum atomic E-state index is -1.40. The van der Waals surface area contributed by atoms with Gasteiger partial charge < -0.3 is 42.2 Å². The summed E-state index contributed by atoms with van der Waals surface area (Å²) >= 11 is 3.39. The number of thioether (sulfide) groups is 2. The van der Waals surface area contributed by atoms with Gasteiger partial charge in [0.05, 0.1) is 12.0 Å². The summed E-state index contributed by atoms with van der Waals surface area (Å²) in [6.07, 6.45) is 0.